The monoisotopic (exact) mass is 491 g/mol. The van der Waals surface area contributed by atoms with Crippen molar-refractivity contribution in [2.45, 2.75) is 59.4 Å². The molecule has 2 aromatic heterocycles. The van der Waals surface area contributed by atoms with Crippen molar-refractivity contribution < 1.29 is 9.53 Å². The number of aromatic nitrogens is 3. The van der Waals surface area contributed by atoms with Crippen molar-refractivity contribution in [2.24, 2.45) is 5.92 Å². The molecule has 2 N–H and O–H groups in total. The number of amides is 1. The van der Waals surface area contributed by atoms with Gasteiger partial charge in [-0.2, -0.15) is 0 Å². The van der Waals surface area contributed by atoms with Gasteiger partial charge in [0.15, 0.2) is 5.82 Å². The molecule has 0 aliphatic carbocycles. The second-order valence-electron chi connectivity index (χ2n) is 7.88. The Bertz CT molecular complexity index is 831. The van der Waals surface area contributed by atoms with Crippen LogP contribution in [0, 0.1) is 5.92 Å². The molecule has 0 fully saturated rings. The van der Waals surface area contributed by atoms with E-state index in [1.807, 2.05) is 19.1 Å². The molecule has 1 unspecified atom stereocenters. The van der Waals surface area contributed by atoms with Crippen LogP contribution in [0.15, 0.2) is 29.0 Å². The van der Waals surface area contributed by atoms with Crippen LogP contribution < -0.4 is 10.6 Å². The Kier molecular flexibility index (Phi) is 10.9. The minimum Gasteiger partial charge on any atom is -0.382 e. The number of hydrogen-bond donors (Lipinski definition) is 2. The summed E-state index contributed by atoms with van der Waals surface area (Å²) in [5.41, 5.74) is 1.77. The Hall–Kier alpha value is -2.06. The Balaban J connectivity index is 2.20. The SMILES string of the molecule is CCCc1cc(NC(CC(C)C)C(=O)NCCCOCC)nc(-c2cncc(Br)c2)n1. The highest BCUT2D eigenvalue weighted by Crippen LogP contribution is 2.22. The highest BCUT2D eigenvalue weighted by molar-refractivity contribution is 9.10. The van der Waals surface area contributed by atoms with Gasteiger partial charge in [0.05, 0.1) is 0 Å². The molecule has 0 saturated heterocycles. The van der Waals surface area contributed by atoms with Crippen LogP contribution in [-0.4, -0.2) is 46.7 Å². The van der Waals surface area contributed by atoms with E-state index >= 15 is 0 Å². The highest BCUT2D eigenvalue weighted by Gasteiger charge is 2.21. The lowest BCUT2D eigenvalue weighted by molar-refractivity contribution is -0.122. The molecule has 2 aromatic rings. The molecule has 8 heteroatoms. The largest absolute Gasteiger partial charge is 0.382 e. The summed E-state index contributed by atoms with van der Waals surface area (Å²) in [5.74, 6) is 1.59. The molecular weight excluding hydrogens is 458 g/mol. The van der Waals surface area contributed by atoms with E-state index in [0.717, 1.165) is 35.0 Å². The minimum atomic E-state index is -0.370. The maximum Gasteiger partial charge on any atom is 0.242 e. The second-order valence-corrected chi connectivity index (χ2v) is 8.79. The van der Waals surface area contributed by atoms with E-state index in [1.54, 1.807) is 12.4 Å². The van der Waals surface area contributed by atoms with Gasteiger partial charge in [-0.25, -0.2) is 9.97 Å². The fourth-order valence-electron chi connectivity index (χ4n) is 3.15. The topological polar surface area (TPSA) is 89.0 Å². The highest BCUT2D eigenvalue weighted by atomic mass is 79.9. The molecule has 170 valence electrons. The number of anilines is 1. The molecule has 31 heavy (non-hydrogen) atoms. The number of ether oxygens (including phenoxy) is 1. The van der Waals surface area contributed by atoms with E-state index in [2.05, 4.69) is 52.3 Å². The number of rotatable bonds is 13. The molecule has 0 radical (unpaired) electrons. The van der Waals surface area contributed by atoms with Crippen LogP contribution in [0.25, 0.3) is 11.4 Å². The Morgan fingerprint density at radius 1 is 1.19 bits per heavy atom. The molecule has 2 rings (SSSR count). The lowest BCUT2D eigenvalue weighted by atomic mass is 10.0. The number of nitrogens with zero attached hydrogens (tertiary/aromatic N) is 3. The molecule has 0 spiro atoms. The Labute approximate surface area is 193 Å². The fourth-order valence-corrected chi connectivity index (χ4v) is 3.52. The van der Waals surface area contributed by atoms with Gasteiger partial charge in [0.2, 0.25) is 5.91 Å². The van der Waals surface area contributed by atoms with Crippen molar-refractivity contribution in [3.8, 4) is 11.4 Å². The number of nitrogens with one attached hydrogen (secondary N) is 2. The van der Waals surface area contributed by atoms with E-state index in [-0.39, 0.29) is 11.9 Å². The number of aryl methyl sites for hydroxylation is 1. The maximum absolute atomic E-state index is 12.9. The van der Waals surface area contributed by atoms with Crippen molar-refractivity contribution >= 4 is 27.7 Å². The molecule has 0 saturated carbocycles. The normalized spacial score (nSPS) is 12.1. The number of carbonyl (C=O) groups excluding carboxylic acids is 1. The predicted molar refractivity (Wildman–Crippen MR) is 128 cm³/mol. The van der Waals surface area contributed by atoms with Gasteiger partial charge >= 0.3 is 0 Å². The number of hydrogen-bond acceptors (Lipinski definition) is 6. The summed E-state index contributed by atoms with van der Waals surface area (Å²) in [4.78, 5) is 26.5. The Morgan fingerprint density at radius 3 is 2.68 bits per heavy atom. The van der Waals surface area contributed by atoms with Gasteiger partial charge in [-0.05, 0) is 54.1 Å². The average Bonchev–Trinajstić information content (AvgIpc) is 2.73. The van der Waals surface area contributed by atoms with Crippen LogP contribution in [0.4, 0.5) is 5.82 Å². The van der Waals surface area contributed by atoms with Crippen LogP contribution in [0.5, 0.6) is 0 Å². The molecule has 7 nitrogen and oxygen atoms in total. The van der Waals surface area contributed by atoms with Crippen molar-refractivity contribution in [1.82, 2.24) is 20.3 Å². The van der Waals surface area contributed by atoms with Gasteiger partial charge in [-0.3, -0.25) is 9.78 Å². The standard InChI is InChI=1S/C23H34BrN5O2/c1-5-8-19-13-21(29-22(27-19)17-12-18(24)15-25-14-17)28-20(11-16(3)4)23(30)26-9-7-10-31-6-2/h12-16,20H,5-11H2,1-4H3,(H,26,30)(H,27,28,29). The van der Waals surface area contributed by atoms with Crippen LogP contribution in [0.2, 0.25) is 0 Å². The lowest BCUT2D eigenvalue weighted by Gasteiger charge is -2.21. The average molecular weight is 492 g/mol. The summed E-state index contributed by atoms with van der Waals surface area (Å²) >= 11 is 3.46. The summed E-state index contributed by atoms with van der Waals surface area (Å²) in [5, 5.41) is 6.38. The molecule has 2 heterocycles. The molecule has 0 bridgehead atoms. The molecule has 1 atom stereocenters. The first-order valence-corrected chi connectivity index (χ1v) is 11.8. The molecule has 0 aromatic carbocycles. The van der Waals surface area contributed by atoms with Gasteiger partial charge in [-0.15, -0.1) is 0 Å². The summed E-state index contributed by atoms with van der Waals surface area (Å²) in [6.07, 6.45) is 6.79. The van der Waals surface area contributed by atoms with Crippen LogP contribution in [-0.2, 0) is 16.0 Å². The number of pyridine rings is 1. The molecule has 0 aliphatic heterocycles. The smallest absolute Gasteiger partial charge is 0.242 e. The van der Waals surface area contributed by atoms with E-state index in [0.29, 0.717) is 43.7 Å². The van der Waals surface area contributed by atoms with Crippen molar-refractivity contribution in [3.05, 3.63) is 34.7 Å². The fraction of sp³-hybridized carbons (Fsp3) is 0.565. The number of halogens is 1. The van der Waals surface area contributed by atoms with Crippen LogP contribution in [0.1, 0.15) is 52.7 Å². The van der Waals surface area contributed by atoms with Gasteiger partial charge < -0.3 is 15.4 Å². The summed E-state index contributed by atoms with van der Waals surface area (Å²) in [7, 11) is 0. The van der Waals surface area contributed by atoms with Gasteiger partial charge in [0, 0.05) is 53.9 Å². The number of carbonyl (C=O) groups is 1. The van der Waals surface area contributed by atoms with Crippen LogP contribution >= 0.6 is 15.9 Å². The van der Waals surface area contributed by atoms with E-state index < -0.39 is 0 Å². The van der Waals surface area contributed by atoms with Crippen molar-refractivity contribution in [2.75, 3.05) is 25.1 Å². The third-order valence-corrected chi connectivity index (χ3v) is 5.00. The first kappa shape index (κ1) is 25.2. The van der Waals surface area contributed by atoms with Gasteiger partial charge in [-0.1, -0.05) is 27.2 Å². The van der Waals surface area contributed by atoms with Gasteiger partial charge in [0.25, 0.3) is 0 Å². The van der Waals surface area contributed by atoms with E-state index in [1.165, 1.54) is 0 Å². The van der Waals surface area contributed by atoms with E-state index in [4.69, 9.17) is 14.7 Å². The summed E-state index contributed by atoms with van der Waals surface area (Å²) < 4.78 is 6.21. The zero-order valence-corrected chi connectivity index (χ0v) is 20.5. The quantitative estimate of drug-likeness (QED) is 0.397. The maximum atomic E-state index is 12.9. The van der Waals surface area contributed by atoms with Crippen molar-refractivity contribution in [3.63, 3.8) is 0 Å². The molecule has 1 amide bonds. The summed E-state index contributed by atoms with van der Waals surface area (Å²) in [6.45, 7) is 10.2. The third kappa shape index (κ3) is 8.91. The lowest BCUT2D eigenvalue weighted by Crippen LogP contribution is -2.41. The first-order chi connectivity index (χ1) is 14.9. The summed E-state index contributed by atoms with van der Waals surface area (Å²) in [6, 6.07) is 3.51. The molecular formula is C23H34BrN5O2. The predicted octanol–water partition coefficient (Wildman–Crippen LogP) is 4.62. The minimum absolute atomic E-state index is 0.0217. The van der Waals surface area contributed by atoms with E-state index in [9.17, 15) is 4.79 Å². The van der Waals surface area contributed by atoms with Crippen molar-refractivity contribution in [1.29, 1.82) is 0 Å². The zero-order valence-electron chi connectivity index (χ0n) is 18.9. The molecule has 0 aliphatic rings. The second kappa shape index (κ2) is 13.4. The first-order valence-electron chi connectivity index (χ1n) is 11.0. The third-order valence-electron chi connectivity index (χ3n) is 4.56. The Morgan fingerprint density at radius 2 is 2.00 bits per heavy atom. The van der Waals surface area contributed by atoms with Crippen LogP contribution in [0.3, 0.4) is 0 Å². The zero-order chi connectivity index (χ0) is 22.6. The van der Waals surface area contributed by atoms with Gasteiger partial charge in [0.1, 0.15) is 11.9 Å².